The van der Waals surface area contributed by atoms with Crippen LogP contribution in [-0.2, 0) is 4.74 Å². The Kier molecular flexibility index (Phi) is 13.7. The maximum Gasteiger partial charge on any atom is 0.425 e. The van der Waals surface area contributed by atoms with Crippen LogP contribution in [0.15, 0.2) is 66.7 Å². The molecule has 0 amide bonds. The zero-order valence-electron chi connectivity index (χ0n) is 28.0. The number of carboxylic acid groups (broad SMARTS) is 1. The van der Waals surface area contributed by atoms with Crippen LogP contribution in [0.2, 0.25) is 0 Å². The molecule has 1 unspecified atom stereocenters. The molecule has 0 fully saturated rings. The number of carbonyl (C=O) groups excluding carboxylic acids is 1. The Labute approximate surface area is 281 Å². The lowest BCUT2D eigenvalue weighted by Gasteiger charge is -2.21. The fraction of sp³-hybridized carbons (Fsp3) is 0.450. The maximum absolute atomic E-state index is 13.6. The number of halogens is 3. The molecule has 0 aliphatic rings. The second-order valence-electron chi connectivity index (χ2n) is 12.6. The number of ether oxygens (including phenoxy) is 2. The van der Waals surface area contributed by atoms with Crippen LogP contribution in [0.1, 0.15) is 118 Å². The quantitative estimate of drug-likeness (QED) is 0.0798. The molecule has 0 spiro atoms. The Morgan fingerprint density at radius 2 is 1.33 bits per heavy atom. The molecule has 258 valence electrons. The number of aromatic carboxylic acids is 1. The molecule has 4 aromatic rings. The third-order valence-electron chi connectivity index (χ3n) is 8.79. The number of carbonyl (C=O) groups is 2. The second kappa shape index (κ2) is 17.9. The van der Waals surface area contributed by atoms with Crippen LogP contribution in [-0.4, -0.2) is 35.9 Å². The molecule has 4 aromatic carbocycles. The van der Waals surface area contributed by atoms with Crippen LogP contribution in [0.4, 0.5) is 13.2 Å². The summed E-state index contributed by atoms with van der Waals surface area (Å²) in [7, 11) is 0. The van der Waals surface area contributed by atoms with Gasteiger partial charge < -0.3 is 14.6 Å². The van der Waals surface area contributed by atoms with E-state index >= 15 is 0 Å². The van der Waals surface area contributed by atoms with E-state index in [0.717, 1.165) is 42.2 Å². The van der Waals surface area contributed by atoms with Crippen molar-refractivity contribution in [1.29, 1.82) is 0 Å². The van der Waals surface area contributed by atoms with Gasteiger partial charge in [-0.05, 0) is 82.8 Å². The molecule has 0 aliphatic heterocycles. The minimum Gasteiger partial charge on any atom is -0.494 e. The van der Waals surface area contributed by atoms with Gasteiger partial charge in [0.15, 0.2) is 6.10 Å². The first kappa shape index (κ1) is 36.8. The van der Waals surface area contributed by atoms with E-state index in [1.54, 1.807) is 12.1 Å². The van der Waals surface area contributed by atoms with E-state index in [0.29, 0.717) is 41.3 Å². The SMILES string of the molecule is CCCCCCCCCCOc1ccc2cc(-c3c(C(=O)O)ccc4cc(C(=O)OC(CCCCCC)C(F)(F)F)ccc34)ccc2c1. The number of benzene rings is 4. The summed E-state index contributed by atoms with van der Waals surface area (Å²) < 4.78 is 51.9. The van der Waals surface area contributed by atoms with E-state index in [1.165, 1.54) is 56.7 Å². The lowest BCUT2D eigenvalue weighted by molar-refractivity contribution is -0.206. The summed E-state index contributed by atoms with van der Waals surface area (Å²) in [4.78, 5) is 25.2. The Morgan fingerprint density at radius 1 is 0.708 bits per heavy atom. The summed E-state index contributed by atoms with van der Waals surface area (Å²) in [5.41, 5.74) is 1.17. The van der Waals surface area contributed by atoms with Crippen molar-refractivity contribution in [2.45, 2.75) is 110 Å². The van der Waals surface area contributed by atoms with Gasteiger partial charge >= 0.3 is 18.1 Å². The molecule has 8 heteroatoms. The lowest BCUT2D eigenvalue weighted by atomic mass is 9.91. The molecule has 1 atom stereocenters. The van der Waals surface area contributed by atoms with Crippen molar-refractivity contribution in [1.82, 2.24) is 0 Å². The van der Waals surface area contributed by atoms with Gasteiger partial charge in [-0.2, -0.15) is 13.2 Å². The molecule has 0 aliphatic carbocycles. The average Bonchev–Trinajstić information content (AvgIpc) is 3.07. The third-order valence-corrected chi connectivity index (χ3v) is 8.79. The fourth-order valence-corrected chi connectivity index (χ4v) is 6.08. The van der Waals surface area contributed by atoms with Crippen LogP contribution in [0, 0.1) is 0 Å². The highest BCUT2D eigenvalue weighted by Crippen LogP contribution is 2.36. The highest BCUT2D eigenvalue weighted by atomic mass is 19.4. The van der Waals surface area contributed by atoms with Crippen molar-refractivity contribution < 1.29 is 37.3 Å². The van der Waals surface area contributed by atoms with Crippen LogP contribution in [0.25, 0.3) is 32.7 Å². The minimum absolute atomic E-state index is 0.0302. The summed E-state index contributed by atoms with van der Waals surface area (Å²) in [6.07, 6.45) is 5.33. The molecule has 4 rings (SSSR count). The first-order chi connectivity index (χ1) is 23.1. The monoisotopic (exact) mass is 664 g/mol. The summed E-state index contributed by atoms with van der Waals surface area (Å²) >= 11 is 0. The summed E-state index contributed by atoms with van der Waals surface area (Å²) in [5, 5.41) is 13.0. The molecule has 0 saturated carbocycles. The Hall–Kier alpha value is -4.07. The van der Waals surface area contributed by atoms with Gasteiger partial charge in [-0.3, -0.25) is 0 Å². The second-order valence-corrected chi connectivity index (χ2v) is 12.6. The van der Waals surface area contributed by atoms with Gasteiger partial charge in [0.05, 0.1) is 17.7 Å². The van der Waals surface area contributed by atoms with Gasteiger partial charge in [0.25, 0.3) is 0 Å². The Balaban J connectivity index is 1.50. The number of fused-ring (bicyclic) bond motifs is 2. The van der Waals surface area contributed by atoms with Crippen molar-refractivity contribution in [3.8, 4) is 16.9 Å². The molecule has 1 N–H and O–H groups in total. The van der Waals surface area contributed by atoms with E-state index in [2.05, 4.69) is 6.92 Å². The molecular formula is C40H47F3O5. The van der Waals surface area contributed by atoms with Gasteiger partial charge in [-0.1, -0.05) is 108 Å². The zero-order chi connectivity index (χ0) is 34.5. The number of rotatable bonds is 19. The van der Waals surface area contributed by atoms with E-state index in [1.807, 2.05) is 43.3 Å². The smallest absolute Gasteiger partial charge is 0.425 e. The highest BCUT2D eigenvalue weighted by Gasteiger charge is 2.42. The van der Waals surface area contributed by atoms with Crippen LogP contribution in [0.5, 0.6) is 5.75 Å². The predicted octanol–water partition coefficient (Wildman–Crippen LogP) is 11.9. The normalized spacial score (nSPS) is 12.4. The van der Waals surface area contributed by atoms with Crippen LogP contribution < -0.4 is 4.74 Å². The molecule has 0 heterocycles. The largest absolute Gasteiger partial charge is 0.494 e. The summed E-state index contributed by atoms with van der Waals surface area (Å²) in [6.45, 7) is 4.85. The number of hydrogen-bond acceptors (Lipinski definition) is 4. The molecule has 0 aromatic heterocycles. The third kappa shape index (κ3) is 10.2. The van der Waals surface area contributed by atoms with Gasteiger partial charge in [-0.15, -0.1) is 0 Å². The van der Waals surface area contributed by atoms with Gasteiger partial charge in [-0.25, -0.2) is 9.59 Å². The van der Waals surface area contributed by atoms with Crippen molar-refractivity contribution in [2.24, 2.45) is 0 Å². The highest BCUT2D eigenvalue weighted by molar-refractivity contribution is 6.10. The summed E-state index contributed by atoms with van der Waals surface area (Å²) in [6, 6.07) is 18.9. The first-order valence-corrected chi connectivity index (χ1v) is 17.4. The summed E-state index contributed by atoms with van der Waals surface area (Å²) in [5.74, 6) is -1.40. The van der Waals surface area contributed by atoms with Crippen LogP contribution >= 0.6 is 0 Å². The zero-order valence-corrected chi connectivity index (χ0v) is 28.0. The van der Waals surface area contributed by atoms with E-state index in [4.69, 9.17) is 9.47 Å². The number of carboxylic acids is 1. The molecular weight excluding hydrogens is 617 g/mol. The number of esters is 1. The molecule has 0 bridgehead atoms. The standard InChI is InChI=1S/C40H47F3O5/c1-3-5-7-9-10-11-12-14-24-47-33-21-18-28-25-31(17-16-29(28)27-33)37-34-22-20-32(26-30(34)19-23-35(37)38(44)45)39(46)48-36(40(41,42)43)15-13-8-6-4-2/h16-23,25-27,36H,3-15,24H2,1-2H3,(H,44,45). The van der Waals surface area contributed by atoms with Gasteiger partial charge in [0, 0.05) is 5.56 Å². The number of unbranched alkanes of at least 4 members (excludes halogenated alkanes) is 10. The molecule has 0 saturated heterocycles. The molecule has 48 heavy (non-hydrogen) atoms. The predicted molar refractivity (Wildman–Crippen MR) is 186 cm³/mol. The van der Waals surface area contributed by atoms with E-state index < -0.39 is 24.2 Å². The number of alkyl halides is 3. The van der Waals surface area contributed by atoms with Crippen molar-refractivity contribution in [3.63, 3.8) is 0 Å². The van der Waals surface area contributed by atoms with Gasteiger partial charge in [0.2, 0.25) is 0 Å². The van der Waals surface area contributed by atoms with Crippen molar-refractivity contribution in [2.75, 3.05) is 6.61 Å². The Morgan fingerprint density at radius 3 is 2.02 bits per heavy atom. The van der Waals surface area contributed by atoms with Crippen molar-refractivity contribution in [3.05, 3.63) is 77.9 Å². The maximum atomic E-state index is 13.6. The minimum atomic E-state index is -4.67. The van der Waals surface area contributed by atoms with Crippen molar-refractivity contribution >= 4 is 33.5 Å². The molecule has 0 radical (unpaired) electrons. The Bertz CT molecular complexity index is 1660. The average molecular weight is 665 g/mol. The lowest BCUT2D eigenvalue weighted by Crippen LogP contribution is -2.33. The van der Waals surface area contributed by atoms with E-state index in [-0.39, 0.29) is 17.5 Å². The van der Waals surface area contributed by atoms with Gasteiger partial charge in [0.1, 0.15) is 5.75 Å². The molecule has 5 nitrogen and oxygen atoms in total. The number of hydrogen-bond donors (Lipinski definition) is 1. The first-order valence-electron chi connectivity index (χ1n) is 17.4. The van der Waals surface area contributed by atoms with E-state index in [9.17, 15) is 27.9 Å². The fourth-order valence-electron chi connectivity index (χ4n) is 6.08. The topological polar surface area (TPSA) is 72.8 Å². The van der Waals surface area contributed by atoms with Crippen LogP contribution in [0.3, 0.4) is 0 Å².